The molecule has 0 N–H and O–H groups in total. The molecule has 0 heterocycles. The molecule has 0 spiro atoms. The van der Waals surface area contributed by atoms with Gasteiger partial charge < -0.3 is 4.90 Å². The number of rotatable bonds is 5. The number of hydrogen-bond acceptors (Lipinski definition) is 1. The summed E-state index contributed by atoms with van der Waals surface area (Å²) in [6.07, 6.45) is 8.45. The van der Waals surface area contributed by atoms with Gasteiger partial charge in [-0.1, -0.05) is 43.2 Å². The Morgan fingerprint density at radius 3 is 2.50 bits per heavy atom. The van der Waals surface area contributed by atoms with E-state index in [0.29, 0.717) is 0 Å². The van der Waals surface area contributed by atoms with Gasteiger partial charge in [0.25, 0.3) is 0 Å². The van der Waals surface area contributed by atoms with Crippen LogP contribution < -0.4 is 0 Å². The van der Waals surface area contributed by atoms with Crippen LogP contribution in [0.3, 0.4) is 0 Å². The van der Waals surface area contributed by atoms with Crippen molar-refractivity contribution in [3.05, 3.63) is 35.9 Å². The molecule has 1 nitrogen and oxygen atoms in total. The zero-order valence-corrected chi connectivity index (χ0v) is 11.9. The topological polar surface area (TPSA) is 3.24 Å². The van der Waals surface area contributed by atoms with Crippen molar-refractivity contribution in [2.24, 2.45) is 5.92 Å². The first-order chi connectivity index (χ1) is 8.77. The molecule has 2 rings (SSSR count). The summed E-state index contributed by atoms with van der Waals surface area (Å²) in [7, 11) is 4.35. The third-order valence-corrected chi connectivity index (χ3v) is 4.32. The molecule has 1 aromatic rings. The Morgan fingerprint density at radius 1 is 1.06 bits per heavy atom. The number of benzene rings is 1. The second-order valence-electron chi connectivity index (χ2n) is 6.01. The molecular formula is C17H27N. The summed E-state index contributed by atoms with van der Waals surface area (Å²) >= 11 is 0. The molecule has 0 saturated heterocycles. The van der Waals surface area contributed by atoms with Gasteiger partial charge in [-0.25, -0.2) is 0 Å². The van der Waals surface area contributed by atoms with Gasteiger partial charge in [0.15, 0.2) is 0 Å². The van der Waals surface area contributed by atoms with E-state index in [4.69, 9.17) is 0 Å². The summed E-state index contributed by atoms with van der Waals surface area (Å²) in [6.45, 7) is 1.23. The summed E-state index contributed by atoms with van der Waals surface area (Å²) in [5.74, 6) is 1.74. The highest BCUT2D eigenvalue weighted by molar-refractivity contribution is 5.20. The predicted octanol–water partition coefficient (Wildman–Crippen LogP) is 4.30. The fourth-order valence-corrected chi connectivity index (χ4v) is 3.36. The van der Waals surface area contributed by atoms with Crippen LogP contribution in [0.25, 0.3) is 0 Å². The largest absolute Gasteiger partial charge is 0.309 e. The van der Waals surface area contributed by atoms with Crippen molar-refractivity contribution in [3.63, 3.8) is 0 Å². The number of hydrogen-bond donors (Lipinski definition) is 0. The smallest absolute Gasteiger partial charge is 0.00247 e. The minimum Gasteiger partial charge on any atom is -0.309 e. The van der Waals surface area contributed by atoms with Crippen molar-refractivity contribution in [2.75, 3.05) is 20.6 Å². The fraction of sp³-hybridized carbons (Fsp3) is 0.647. The second kappa shape index (κ2) is 6.94. The molecule has 1 saturated carbocycles. The summed E-state index contributed by atoms with van der Waals surface area (Å²) < 4.78 is 0. The van der Waals surface area contributed by atoms with Gasteiger partial charge in [-0.2, -0.15) is 0 Å². The monoisotopic (exact) mass is 245 g/mol. The highest BCUT2D eigenvalue weighted by atomic mass is 15.0. The van der Waals surface area contributed by atoms with E-state index in [1.165, 1.54) is 45.1 Å². The standard InChI is InChI=1S/C17H27N/c1-18(2)14-8-12-16-11-6-7-13-17(16)15-9-4-3-5-10-15/h3-5,9-10,16-17H,6-8,11-14H2,1-2H3. The Balaban J connectivity index is 1.94. The summed E-state index contributed by atoms with van der Waals surface area (Å²) in [5.41, 5.74) is 1.58. The van der Waals surface area contributed by atoms with E-state index in [9.17, 15) is 0 Å². The SMILES string of the molecule is CN(C)CCCC1CCCCC1c1ccccc1. The van der Waals surface area contributed by atoms with Crippen LogP contribution in [0.1, 0.15) is 50.0 Å². The lowest BCUT2D eigenvalue weighted by Crippen LogP contribution is -2.20. The van der Waals surface area contributed by atoms with E-state index in [2.05, 4.69) is 49.3 Å². The van der Waals surface area contributed by atoms with Crippen LogP contribution >= 0.6 is 0 Å². The van der Waals surface area contributed by atoms with E-state index < -0.39 is 0 Å². The zero-order valence-electron chi connectivity index (χ0n) is 11.9. The normalized spacial score (nSPS) is 24.4. The molecule has 1 aliphatic carbocycles. The van der Waals surface area contributed by atoms with Crippen molar-refractivity contribution >= 4 is 0 Å². The van der Waals surface area contributed by atoms with E-state index in [1.54, 1.807) is 5.56 Å². The van der Waals surface area contributed by atoms with Crippen molar-refractivity contribution in [3.8, 4) is 0 Å². The third-order valence-electron chi connectivity index (χ3n) is 4.32. The van der Waals surface area contributed by atoms with Crippen LogP contribution in [0.2, 0.25) is 0 Å². The molecule has 1 aliphatic rings. The Kier molecular flexibility index (Phi) is 5.25. The molecule has 1 fully saturated rings. The van der Waals surface area contributed by atoms with E-state index in [0.717, 1.165) is 11.8 Å². The van der Waals surface area contributed by atoms with Gasteiger partial charge in [0.05, 0.1) is 0 Å². The molecule has 0 amide bonds. The molecule has 0 aromatic heterocycles. The lowest BCUT2D eigenvalue weighted by Gasteiger charge is -2.32. The fourth-order valence-electron chi connectivity index (χ4n) is 3.36. The Bertz CT molecular complexity index is 331. The molecule has 0 bridgehead atoms. The molecule has 2 unspecified atom stereocenters. The van der Waals surface area contributed by atoms with Gasteiger partial charge in [0.1, 0.15) is 0 Å². The molecule has 18 heavy (non-hydrogen) atoms. The summed E-state index contributed by atoms with van der Waals surface area (Å²) in [5, 5.41) is 0. The van der Waals surface area contributed by atoms with Crippen LogP contribution in [-0.2, 0) is 0 Å². The van der Waals surface area contributed by atoms with Crippen LogP contribution in [0, 0.1) is 5.92 Å². The molecule has 1 aromatic carbocycles. The van der Waals surface area contributed by atoms with E-state index >= 15 is 0 Å². The molecule has 0 radical (unpaired) electrons. The van der Waals surface area contributed by atoms with Gasteiger partial charge >= 0.3 is 0 Å². The first kappa shape index (κ1) is 13.6. The average molecular weight is 245 g/mol. The molecule has 0 aliphatic heterocycles. The zero-order chi connectivity index (χ0) is 12.8. The highest BCUT2D eigenvalue weighted by Gasteiger charge is 2.25. The maximum absolute atomic E-state index is 2.33. The Hall–Kier alpha value is -0.820. The maximum atomic E-state index is 2.33. The lowest BCUT2D eigenvalue weighted by molar-refractivity contribution is 0.271. The van der Waals surface area contributed by atoms with Crippen molar-refractivity contribution < 1.29 is 0 Å². The van der Waals surface area contributed by atoms with Crippen LogP contribution in [-0.4, -0.2) is 25.5 Å². The Labute approximate surface area is 112 Å². The maximum Gasteiger partial charge on any atom is -0.00247 e. The predicted molar refractivity (Wildman–Crippen MR) is 78.9 cm³/mol. The van der Waals surface area contributed by atoms with Gasteiger partial charge in [-0.3, -0.25) is 0 Å². The van der Waals surface area contributed by atoms with Gasteiger partial charge in [0, 0.05) is 0 Å². The van der Waals surface area contributed by atoms with E-state index in [-0.39, 0.29) is 0 Å². The first-order valence-corrected chi connectivity index (χ1v) is 7.47. The van der Waals surface area contributed by atoms with Gasteiger partial charge in [-0.05, 0) is 63.7 Å². The minimum absolute atomic E-state index is 0.821. The lowest BCUT2D eigenvalue weighted by atomic mass is 9.73. The van der Waals surface area contributed by atoms with Crippen molar-refractivity contribution in [2.45, 2.75) is 44.4 Å². The van der Waals surface area contributed by atoms with Crippen molar-refractivity contribution in [1.82, 2.24) is 4.90 Å². The summed E-state index contributed by atoms with van der Waals surface area (Å²) in [6, 6.07) is 11.2. The third kappa shape index (κ3) is 3.84. The van der Waals surface area contributed by atoms with Crippen LogP contribution in [0.4, 0.5) is 0 Å². The van der Waals surface area contributed by atoms with E-state index in [1.807, 2.05) is 0 Å². The number of nitrogens with zero attached hydrogens (tertiary/aromatic N) is 1. The molecule has 2 atom stereocenters. The van der Waals surface area contributed by atoms with Gasteiger partial charge in [-0.15, -0.1) is 0 Å². The summed E-state index contributed by atoms with van der Waals surface area (Å²) in [4.78, 5) is 2.31. The highest BCUT2D eigenvalue weighted by Crippen LogP contribution is 2.40. The first-order valence-electron chi connectivity index (χ1n) is 7.47. The van der Waals surface area contributed by atoms with Crippen LogP contribution in [0.15, 0.2) is 30.3 Å². The minimum atomic E-state index is 0.821. The van der Waals surface area contributed by atoms with Gasteiger partial charge in [0.2, 0.25) is 0 Å². The van der Waals surface area contributed by atoms with Crippen LogP contribution in [0.5, 0.6) is 0 Å². The molecular weight excluding hydrogens is 218 g/mol. The molecule has 1 heteroatoms. The molecule has 100 valence electrons. The Morgan fingerprint density at radius 2 is 1.78 bits per heavy atom. The quantitative estimate of drug-likeness (QED) is 0.747. The second-order valence-corrected chi connectivity index (χ2v) is 6.01. The average Bonchev–Trinajstić information content (AvgIpc) is 2.40. The van der Waals surface area contributed by atoms with Crippen molar-refractivity contribution in [1.29, 1.82) is 0 Å².